The van der Waals surface area contributed by atoms with Gasteiger partial charge in [-0.3, -0.25) is 0 Å². The van der Waals surface area contributed by atoms with Gasteiger partial charge in [-0.2, -0.15) is 0 Å². The van der Waals surface area contributed by atoms with Crippen LogP contribution in [0, 0.1) is 0 Å². The van der Waals surface area contributed by atoms with E-state index in [0.717, 1.165) is 5.65 Å². The lowest BCUT2D eigenvalue weighted by atomic mass is 10.2. The standard InChI is InChI=1S/C7H7BN2O3/c11-8(12)13-6-1-2-7-9-3-4-10(7)5-6/h1-5,11-12H. The second kappa shape index (κ2) is 3.08. The van der Waals surface area contributed by atoms with Crippen molar-refractivity contribution >= 4 is 13.0 Å². The fourth-order valence-electron chi connectivity index (χ4n) is 1.09. The van der Waals surface area contributed by atoms with E-state index >= 15 is 0 Å². The van der Waals surface area contributed by atoms with Gasteiger partial charge in [0.25, 0.3) is 0 Å². The first-order valence-corrected chi connectivity index (χ1v) is 3.71. The lowest BCUT2D eigenvalue weighted by Gasteiger charge is -2.03. The summed E-state index contributed by atoms with van der Waals surface area (Å²) >= 11 is 0. The van der Waals surface area contributed by atoms with Crippen LogP contribution in [-0.4, -0.2) is 26.8 Å². The van der Waals surface area contributed by atoms with Crippen LogP contribution in [0.1, 0.15) is 0 Å². The number of imidazole rings is 1. The lowest BCUT2D eigenvalue weighted by Crippen LogP contribution is -2.20. The summed E-state index contributed by atoms with van der Waals surface area (Å²) in [6.45, 7) is 0. The maximum atomic E-state index is 8.54. The Kier molecular flexibility index (Phi) is 1.92. The van der Waals surface area contributed by atoms with Crippen molar-refractivity contribution in [3.63, 3.8) is 0 Å². The van der Waals surface area contributed by atoms with Crippen LogP contribution in [0.5, 0.6) is 5.75 Å². The molecule has 2 heterocycles. The minimum absolute atomic E-state index is 0.375. The molecule has 0 aliphatic carbocycles. The number of rotatable bonds is 2. The highest BCUT2D eigenvalue weighted by Crippen LogP contribution is 2.11. The van der Waals surface area contributed by atoms with Crippen molar-refractivity contribution < 1.29 is 14.7 Å². The van der Waals surface area contributed by atoms with E-state index in [1.165, 1.54) is 0 Å². The summed E-state index contributed by atoms with van der Waals surface area (Å²) in [5.74, 6) is 0.375. The third-order valence-corrected chi connectivity index (χ3v) is 1.60. The highest BCUT2D eigenvalue weighted by molar-refractivity contribution is 6.33. The Balaban J connectivity index is 2.37. The molecule has 0 saturated heterocycles. The van der Waals surface area contributed by atoms with E-state index < -0.39 is 7.32 Å². The van der Waals surface area contributed by atoms with Crippen LogP contribution in [0.15, 0.2) is 30.7 Å². The molecule has 0 aromatic carbocycles. The van der Waals surface area contributed by atoms with Crippen LogP contribution in [0.3, 0.4) is 0 Å². The Morgan fingerprint density at radius 2 is 2.23 bits per heavy atom. The Morgan fingerprint density at radius 1 is 1.38 bits per heavy atom. The minimum Gasteiger partial charge on any atom is -0.511 e. The molecule has 0 fully saturated rings. The van der Waals surface area contributed by atoms with Crippen molar-refractivity contribution in [1.29, 1.82) is 0 Å². The van der Waals surface area contributed by atoms with Crippen molar-refractivity contribution in [2.24, 2.45) is 0 Å². The first-order chi connectivity index (χ1) is 6.25. The van der Waals surface area contributed by atoms with E-state index in [1.54, 1.807) is 35.1 Å². The van der Waals surface area contributed by atoms with Gasteiger partial charge in [-0.25, -0.2) is 4.98 Å². The molecule has 0 amide bonds. The Bertz CT molecular complexity index is 415. The van der Waals surface area contributed by atoms with E-state index in [9.17, 15) is 0 Å². The van der Waals surface area contributed by atoms with Gasteiger partial charge in [0, 0.05) is 12.4 Å². The molecular weight excluding hydrogens is 171 g/mol. The monoisotopic (exact) mass is 178 g/mol. The third-order valence-electron chi connectivity index (χ3n) is 1.60. The summed E-state index contributed by atoms with van der Waals surface area (Å²) in [4.78, 5) is 4.02. The first-order valence-electron chi connectivity index (χ1n) is 3.71. The molecule has 2 aromatic rings. The van der Waals surface area contributed by atoms with E-state index in [1.807, 2.05) is 0 Å². The van der Waals surface area contributed by atoms with E-state index in [2.05, 4.69) is 9.64 Å². The second-order valence-corrected chi connectivity index (χ2v) is 2.50. The van der Waals surface area contributed by atoms with Gasteiger partial charge in [0.15, 0.2) is 0 Å². The SMILES string of the molecule is OB(O)Oc1ccc2nccn2c1. The molecule has 13 heavy (non-hydrogen) atoms. The topological polar surface area (TPSA) is 67.0 Å². The molecule has 6 heteroatoms. The summed E-state index contributed by atoms with van der Waals surface area (Å²) < 4.78 is 6.37. The third kappa shape index (κ3) is 1.63. The molecule has 0 aliphatic rings. The molecule has 2 aromatic heterocycles. The maximum absolute atomic E-state index is 8.54. The van der Waals surface area contributed by atoms with Crippen molar-refractivity contribution in [2.45, 2.75) is 0 Å². The molecule has 0 atom stereocenters. The van der Waals surface area contributed by atoms with Crippen LogP contribution in [0.25, 0.3) is 5.65 Å². The number of nitrogens with zero attached hydrogens (tertiary/aromatic N) is 2. The van der Waals surface area contributed by atoms with E-state index in [4.69, 9.17) is 10.0 Å². The smallest absolute Gasteiger partial charge is 0.511 e. The number of hydrogen-bond acceptors (Lipinski definition) is 4. The van der Waals surface area contributed by atoms with Crippen LogP contribution >= 0.6 is 0 Å². The zero-order chi connectivity index (χ0) is 9.26. The quantitative estimate of drug-likeness (QED) is 0.618. The lowest BCUT2D eigenvalue weighted by molar-refractivity contribution is 0.287. The van der Waals surface area contributed by atoms with E-state index in [-0.39, 0.29) is 0 Å². The summed E-state index contributed by atoms with van der Waals surface area (Å²) in [5, 5.41) is 17.1. The summed E-state index contributed by atoms with van der Waals surface area (Å²) in [7, 11) is -1.79. The molecule has 0 spiro atoms. The molecule has 5 nitrogen and oxygen atoms in total. The predicted molar refractivity (Wildman–Crippen MR) is 46.0 cm³/mol. The number of pyridine rings is 1. The first kappa shape index (κ1) is 8.09. The zero-order valence-electron chi connectivity index (χ0n) is 6.66. The van der Waals surface area contributed by atoms with Crippen LogP contribution in [-0.2, 0) is 0 Å². The molecular formula is C7H7BN2O3. The average molecular weight is 178 g/mol. The van der Waals surface area contributed by atoms with Gasteiger partial charge in [-0.05, 0) is 12.1 Å². The molecule has 0 unspecified atom stereocenters. The van der Waals surface area contributed by atoms with Gasteiger partial charge >= 0.3 is 7.32 Å². The average Bonchev–Trinajstić information content (AvgIpc) is 2.49. The fourth-order valence-corrected chi connectivity index (χ4v) is 1.09. The zero-order valence-corrected chi connectivity index (χ0v) is 6.66. The Morgan fingerprint density at radius 3 is 3.00 bits per heavy atom. The second-order valence-electron chi connectivity index (χ2n) is 2.50. The predicted octanol–water partition coefficient (Wildman–Crippen LogP) is -0.317. The number of fused-ring (bicyclic) bond motifs is 1. The van der Waals surface area contributed by atoms with Gasteiger partial charge in [0.05, 0.1) is 6.20 Å². The Hall–Kier alpha value is -1.53. The van der Waals surface area contributed by atoms with Crippen molar-refractivity contribution in [2.75, 3.05) is 0 Å². The van der Waals surface area contributed by atoms with Crippen LogP contribution < -0.4 is 4.65 Å². The van der Waals surface area contributed by atoms with Crippen LogP contribution in [0.2, 0.25) is 0 Å². The molecule has 2 N–H and O–H groups in total. The fraction of sp³-hybridized carbons (Fsp3) is 0. The van der Waals surface area contributed by atoms with Crippen LogP contribution in [0.4, 0.5) is 0 Å². The van der Waals surface area contributed by atoms with Gasteiger partial charge in [-0.1, -0.05) is 0 Å². The number of aromatic nitrogens is 2. The molecule has 0 saturated carbocycles. The summed E-state index contributed by atoms with van der Waals surface area (Å²) in [6.07, 6.45) is 5.00. The normalized spacial score (nSPS) is 10.3. The maximum Gasteiger partial charge on any atom is 0.707 e. The highest BCUT2D eigenvalue weighted by Gasteiger charge is 2.11. The molecule has 0 radical (unpaired) electrons. The molecule has 0 aliphatic heterocycles. The van der Waals surface area contributed by atoms with Gasteiger partial charge < -0.3 is 19.1 Å². The Labute approximate surface area is 74.4 Å². The van der Waals surface area contributed by atoms with Crippen molar-refractivity contribution in [3.8, 4) is 5.75 Å². The van der Waals surface area contributed by atoms with Crippen molar-refractivity contribution in [3.05, 3.63) is 30.7 Å². The summed E-state index contributed by atoms with van der Waals surface area (Å²) in [6, 6.07) is 3.33. The van der Waals surface area contributed by atoms with Gasteiger partial charge in [-0.15, -0.1) is 0 Å². The molecule has 2 rings (SSSR count). The molecule has 0 bridgehead atoms. The number of hydrogen-bond donors (Lipinski definition) is 2. The molecule has 66 valence electrons. The van der Waals surface area contributed by atoms with E-state index in [0.29, 0.717) is 5.75 Å². The van der Waals surface area contributed by atoms with Gasteiger partial charge in [0.2, 0.25) is 0 Å². The summed E-state index contributed by atoms with van der Waals surface area (Å²) in [5.41, 5.74) is 0.778. The van der Waals surface area contributed by atoms with Gasteiger partial charge in [0.1, 0.15) is 11.4 Å². The highest BCUT2D eigenvalue weighted by atomic mass is 16.6. The minimum atomic E-state index is -1.79. The largest absolute Gasteiger partial charge is 0.707 e. The van der Waals surface area contributed by atoms with Crippen molar-refractivity contribution in [1.82, 2.24) is 9.38 Å².